The fraction of sp³-hybridized carbons (Fsp3) is 0.556. The monoisotopic (exact) mass is 278 g/mol. The summed E-state index contributed by atoms with van der Waals surface area (Å²) in [4.78, 5) is 1.33. The van der Waals surface area contributed by atoms with E-state index in [9.17, 15) is 0 Å². The van der Waals surface area contributed by atoms with Crippen molar-refractivity contribution in [3.8, 4) is 0 Å². The number of aliphatic hydroxyl groups excluding tert-OH is 1. The quantitative estimate of drug-likeness (QED) is 0.657. The van der Waals surface area contributed by atoms with Gasteiger partial charge in [0.05, 0.1) is 6.61 Å². The van der Waals surface area contributed by atoms with Gasteiger partial charge in [-0.1, -0.05) is 0 Å². The number of hydrogen-bond donors (Lipinski definition) is 3. The molecule has 5 heteroatoms. The molecule has 0 unspecified atom stereocenters. The summed E-state index contributed by atoms with van der Waals surface area (Å²) < 4.78 is 1.15. The molecule has 80 valence electrons. The molecular weight excluding hydrogens is 264 g/mol. The van der Waals surface area contributed by atoms with E-state index in [1.165, 1.54) is 4.88 Å². The first-order valence-electron chi connectivity index (χ1n) is 4.58. The molecule has 3 N–H and O–H groups in total. The van der Waals surface area contributed by atoms with Crippen LogP contribution in [-0.4, -0.2) is 31.3 Å². The SMILES string of the molecule is OCCNCCNCc1cc(Br)cs1. The lowest BCUT2D eigenvalue weighted by Gasteiger charge is -2.03. The lowest BCUT2D eigenvalue weighted by atomic mass is 10.4. The van der Waals surface area contributed by atoms with Crippen LogP contribution in [0.3, 0.4) is 0 Å². The third kappa shape index (κ3) is 5.07. The Morgan fingerprint density at radius 2 is 2.07 bits per heavy atom. The molecule has 1 rings (SSSR count). The van der Waals surface area contributed by atoms with E-state index in [0.29, 0.717) is 6.54 Å². The first kappa shape index (κ1) is 12.1. The molecule has 1 heterocycles. The Labute approximate surface area is 96.7 Å². The van der Waals surface area contributed by atoms with Gasteiger partial charge in [-0.25, -0.2) is 0 Å². The van der Waals surface area contributed by atoms with Gasteiger partial charge in [0.1, 0.15) is 0 Å². The zero-order valence-corrected chi connectivity index (χ0v) is 10.3. The topological polar surface area (TPSA) is 44.3 Å². The first-order chi connectivity index (χ1) is 6.83. The van der Waals surface area contributed by atoms with Crippen molar-refractivity contribution < 1.29 is 5.11 Å². The maximum Gasteiger partial charge on any atom is 0.0555 e. The van der Waals surface area contributed by atoms with Gasteiger partial charge in [0, 0.05) is 40.9 Å². The molecule has 1 aromatic heterocycles. The summed E-state index contributed by atoms with van der Waals surface area (Å²) in [6, 6.07) is 2.12. The number of thiophene rings is 1. The van der Waals surface area contributed by atoms with E-state index < -0.39 is 0 Å². The maximum absolute atomic E-state index is 8.52. The molecule has 0 aliphatic rings. The standard InChI is InChI=1S/C9H15BrN2OS/c10-8-5-9(14-7-8)6-12-2-1-11-3-4-13/h5,7,11-13H,1-4,6H2. The molecular formula is C9H15BrN2OS. The van der Waals surface area contributed by atoms with Gasteiger partial charge in [-0.05, 0) is 22.0 Å². The van der Waals surface area contributed by atoms with Gasteiger partial charge in [0.2, 0.25) is 0 Å². The fourth-order valence-electron chi connectivity index (χ4n) is 1.04. The average Bonchev–Trinajstić information content (AvgIpc) is 2.58. The van der Waals surface area contributed by atoms with Crippen molar-refractivity contribution in [3.63, 3.8) is 0 Å². The molecule has 3 nitrogen and oxygen atoms in total. The number of halogens is 1. The van der Waals surface area contributed by atoms with Crippen LogP contribution in [0.25, 0.3) is 0 Å². The van der Waals surface area contributed by atoms with Gasteiger partial charge in [-0.3, -0.25) is 0 Å². The molecule has 0 aliphatic carbocycles. The van der Waals surface area contributed by atoms with E-state index in [0.717, 1.165) is 24.1 Å². The largest absolute Gasteiger partial charge is 0.395 e. The zero-order valence-electron chi connectivity index (χ0n) is 7.92. The molecule has 0 atom stereocenters. The molecule has 0 spiro atoms. The normalized spacial score (nSPS) is 10.7. The molecule has 0 aromatic carbocycles. The third-order valence-corrected chi connectivity index (χ3v) is 3.39. The summed E-state index contributed by atoms with van der Waals surface area (Å²) >= 11 is 5.17. The number of hydrogen-bond acceptors (Lipinski definition) is 4. The highest BCUT2D eigenvalue weighted by Gasteiger charge is 1.95. The van der Waals surface area contributed by atoms with E-state index in [1.807, 2.05) is 0 Å². The third-order valence-electron chi connectivity index (χ3n) is 1.69. The van der Waals surface area contributed by atoms with Crippen LogP contribution in [0, 0.1) is 0 Å². The van der Waals surface area contributed by atoms with E-state index in [4.69, 9.17) is 5.11 Å². The first-order valence-corrected chi connectivity index (χ1v) is 6.25. The van der Waals surface area contributed by atoms with Crippen LogP contribution in [0.15, 0.2) is 15.9 Å². The van der Waals surface area contributed by atoms with Crippen LogP contribution >= 0.6 is 27.3 Å². The Balaban J connectivity index is 1.99. The summed E-state index contributed by atoms with van der Waals surface area (Å²) in [5.74, 6) is 0. The molecule has 0 bridgehead atoms. The van der Waals surface area contributed by atoms with Crippen LogP contribution in [0.1, 0.15) is 4.88 Å². The number of aliphatic hydroxyl groups is 1. The van der Waals surface area contributed by atoms with Crippen molar-refractivity contribution in [2.45, 2.75) is 6.54 Å². The minimum Gasteiger partial charge on any atom is -0.395 e. The Bertz CT molecular complexity index is 255. The smallest absolute Gasteiger partial charge is 0.0555 e. The minimum absolute atomic E-state index is 0.206. The summed E-state index contributed by atoms with van der Waals surface area (Å²) in [5.41, 5.74) is 0. The second-order valence-corrected chi connectivity index (χ2v) is 4.79. The molecule has 0 saturated carbocycles. The van der Waals surface area contributed by atoms with Crippen LogP contribution in [-0.2, 0) is 6.54 Å². The van der Waals surface area contributed by atoms with Crippen molar-refractivity contribution in [1.82, 2.24) is 10.6 Å². The van der Waals surface area contributed by atoms with Crippen molar-refractivity contribution in [2.24, 2.45) is 0 Å². The minimum atomic E-state index is 0.206. The summed E-state index contributed by atoms with van der Waals surface area (Å²) in [6.07, 6.45) is 0. The maximum atomic E-state index is 8.52. The number of nitrogens with one attached hydrogen (secondary N) is 2. The molecule has 1 aromatic rings. The molecule has 0 aliphatic heterocycles. The highest BCUT2D eigenvalue weighted by Crippen LogP contribution is 2.19. The van der Waals surface area contributed by atoms with Crippen molar-refractivity contribution in [1.29, 1.82) is 0 Å². The summed E-state index contributed by atoms with van der Waals surface area (Å²) in [7, 11) is 0. The van der Waals surface area contributed by atoms with Gasteiger partial charge in [0.15, 0.2) is 0 Å². The van der Waals surface area contributed by atoms with Gasteiger partial charge >= 0.3 is 0 Å². The van der Waals surface area contributed by atoms with Crippen LogP contribution in [0.5, 0.6) is 0 Å². The Hall–Kier alpha value is 0.0600. The summed E-state index contributed by atoms with van der Waals surface area (Å²) in [6.45, 7) is 3.61. The Morgan fingerprint density at radius 3 is 2.71 bits per heavy atom. The van der Waals surface area contributed by atoms with Crippen molar-refractivity contribution in [3.05, 3.63) is 20.8 Å². The van der Waals surface area contributed by atoms with Crippen LogP contribution < -0.4 is 10.6 Å². The molecule has 0 saturated heterocycles. The van der Waals surface area contributed by atoms with Gasteiger partial charge in [0.25, 0.3) is 0 Å². The predicted octanol–water partition coefficient (Wildman–Crippen LogP) is 1.18. The fourth-order valence-corrected chi connectivity index (χ4v) is 2.46. The predicted molar refractivity (Wildman–Crippen MR) is 63.7 cm³/mol. The lowest BCUT2D eigenvalue weighted by Crippen LogP contribution is -2.28. The molecule has 0 fully saturated rings. The summed E-state index contributed by atoms with van der Waals surface area (Å²) in [5, 5.41) is 17.0. The highest BCUT2D eigenvalue weighted by molar-refractivity contribution is 9.10. The van der Waals surface area contributed by atoms with Gasteiger partial charge in [-0.2, -0.15) is 0 Å². The van der Waals surface area contributed by atoms with Crippen molar-refractivity contribution in [2.75, 3.05) is 26.2 Å². The highest BCUT2D eigenvalue weighted by atomic mass is 79.9. The Kier molecular flexibility index (Phi) is 6.38. The van der Waals surface area contributed by atoms with Crippen molar-refractivity contribution >= 4 is 27.3 Å². The average molecular weight is 279 g/mol. The van der Waals surface area contributed by atoms with Crippen LogP contribution in [0.4, 0.5) is 0 Å². The second kappa shape index (κ2) is 7.36. The molecule has 0 amide bonds. The molecule has 14 heavy (non-hydrogen) atoms. The van der Waals surface area contributed by atoms with E-state index in [-0.39, 0.29) is 6.61 Å². The van der Waals surface area contributed by atoms with E-state index >= 15 is 0 Å². The molecule has 0 radical (unpaired) electrons. The van der Waals surface area contributed by atoms with E-state index in [2.05, 4.69) is 38.0 Å². The van der Waals surface area contributed by atoms with Crippen LogP contribution in [0.2, 0.25) is 0 Å². The Morgan fingerprint density at radius 1 is 1.29 bits per heavy atom. The van der Waals surface area contributed by atoms with Gasteiger partial charge < -0.3 is 15.7 Å². The number of rotatable bonds is 7. The van der Waals surface area contributed by atoms with E-state index in [1.54, 1.807) is 11.3 Å². The second-order valence-electron chi connectivity index (χ2n) is 2.88. The van der Waals surface area contributed by atoms with Gasteiger partial charge in [-0.15, -0.1) is 11.3 Å². The lowest BCUT2D eigenvalue weighted by molar-refractivity contribution is 0.292. The zero-order chi connectivity index (χ0) is 10.2.